The molecule has 2 aromatic heterocycles. The van der Waals surface area contributed by atoms with Crippen LogP contribution in [0.2, 0.25) is 0 Å². The van der Waals surface area contributed by atoms with Gasteiger partial charge in [0.2, 0.25) is 0 Å². The first-order valence-corrected chi connectivity index (χ1v) is 20.7. The van der Waals surface area contributed by atoms with E-state index in [0.29, 0.717) is 22.9 Å². The van der Waals surface area contributed by atoms with E-state index in [2.05, 4.69) is 128 Å². The van der Waals surface area contributed by atoms with Crippen LogP contribution in [0.25, 0.3) is 38.8 Å². The first-order valence-electron chi connectivity index (χ1n) is 20.7. The van der Waals surface area contributed by atoms with Crippen molar-refractivity contribution in [2.75, 3.05) is 9.80 Å². The van der Waals surface area contributed by atoms with Gasteiger partial charge in [-0.25, -0.2) is 13.8 Å². The van der Waals surface area contributed by atoms with E-state index >= 15 is 8.78 Å². The number of nitrogens with zero attached hydrogens (tertiary/aromatic N) is 4. The fraction of sp³-hybridized carbons (Fsp3) is 0.222. The van der Waals surface area contributed by atoms with Crippen LogP contribution < -0.4 is 14.5 Å². The van der Waals surface area contributed by atoms with Crippen LogP contribution in [-0.4, -0.2) is 9.55 Å². The number of fused-ring (bicyclic) bond motifs is 4. The van der Waals surface area contributed by atoms with Crippen molar-refractivity contribution in [3.63, 3.8) is 0 Å². The van der Waals surface area contributed by atoms with E-state index in [0.717, 1.165) is 50.0 Å². The fourth-order valence-corrected chi connectivity index (χ4v) is 8.03. The van der Waals surface area contributed by atoms with Crippen LogP contribution in [0.3, 0.4) is 0 Å². The minimum absolute atomic E-state index is 0. The normalized spacial score (nSPS) is 13.1. The molecule has 0 bridgehead atoms. The average Bonchev–Trinajstić information content (AvgIpc) is 3.75. The molecule has 0 aliphatic carbocycles. The van der Waals surface area contributed by atoms with Gasteiger partial charge in [-0.2, -0.15) is 6.07 Å². The summed E-state index contributed by atoms with van der Waals surface area (Å²) in [5.41, 5.74) is 8.68. The molecule has 0 amide bonds. The third-order valence-electron chi connectivity index (χ3n) is 11.5. The maximum absolute atomic E-state index is 15.7. The Labute approximate surface area is 378 Å². The van der Waals surface area contributed by atoms with E-state index in [4.69, 9.17) is 9.72 Å². The van der Waals surface area contributed by atoms with Crippen molar-refractivity contribution in [2.24, 2.45) is 0 Å². The number of benzene rings is 6. The molecule has 6 aromatic carbocycles. The second-order valence-corrected chi connectivity index (χ2v) is 19.0. The van der Waals surface area contributed by atoms with Gasteiger partial charge in [-0.15, -0.1) is 53.6 Å². The Kier molecular flexibility index (Phi) is 11.0. The monoisotopic (exact) mass is 1000 g/mol. The largest absolute Gasteiger partial charge is 0.509 e. The summed E-state index contributed by atoms with van der Waals surface area (Å²) in [6, 6.07) is 46.2. The van der Waals surface area contributed by atoms with Gasteiger partial charge >= 0.3 is 0 Å². The van der Waals surface area contributed by atoms with Crippen LogP contribution in [0.5, 0.6) is 11.5 Å². The van der Waals surface area contributed by atoms with E-state index in [1.54, 1.807) is 17.8 Å². The number of hydrogen-bond donors (Lipinski definition) is 0. The molecule has 0 radical (unpaired) electrons. The van der Waals surface area contributed by atoms with Gasteiger partial charge < -0.3 is 19.1 Å². The molecule has 0 fully saturated rings. The third-order valence-corrected chi connectivity index (χ3v) is 11.5. The van der Waals surface area contributed by atoms with Gasteiger partial charge in [0, 0.05) is 55.7 Å². The molecule has 0 unspecified atom stereocenters. The predicted molar refractivity (Wildman–Crippen MR) is 246 cm³/mol. The number of para-hydroxylation sites is 2. The second-order valence-electron chi connectivity index (χ2n) is 19.0. The van der Waals surface area contributed by atoms with Gasteiger partial charge in [0.05, 0.1) is 5.69 Å². The Hall–Kier alpha value is -5.78. The SMILES string of the molecule is CC(C)(C)c1cc(-c2cc(Oc3[c-]c4c(cc3)c3ccccc3n4-c3ccccn3)[c-]c(N3[CH-]N(c4c(F)cccc4F)c4cc(C(C)(C)C)ccc43)c2)cc(C(C)(C)C)c1.[Pt]. The van der Waals surface area contributed by atoms with Crippen molar-refractivity contribution < 1.29 is 34.6 Å². The molecule has 0 atom stereocenters. The standard InChI is InChI=1S/C54H49F2N4O.Pt/c1-52(2,3)36-20-23-47-49(30-36)59(51-44(55)16-14-17-45(51)56)33-58(47)39-27-35(34-25-37(53(4,5)6)29-38(26-34)54(7,8)9)28-41(31-39)61-40-21-22-43-42-15-10-11-18-46(42)60(48(43)32-40)50-19-12-13-24-57-50;/h10-30,33H,1-9H3;/q-3;. The molecular weight excluding hydrogens is 954 g/mol. The van der Waals surface area contributed by atoms with Crippen LogP contribution in [0.1, 0.15) is 79.0 Å². The van der Waals surface area contributed by atoms with Crippen LogP contribution in [-0.2, 0) is 37.3 Å². The van der Waals surface area contributed by atoms with Crippen LogP contribution in [0.4, 0.5) is 31.5 Å². The topological polar surface area (TPSA) is 33.5 Å². The molecule has 0 saturated carbocycles. The molecule has 3 heterocycles. The van der Waals surface area contributed by atoms with Crippen molar-refractivity contribution in [1.29, 1.82) is 0 Å². The number of ether oxygens (including phenoxy) is 1. The first kappa shape index (κ1) is 42.9. The molecule has 9 rings (SSSR count). The molecule has 0 saturated heterocycles. The summed E-state index contributed by atoms with van der Waals surface area (Å²) in [7, 11) is 0. The Morgan fingerprint density at radius 2 is 1.23 bits per heavy atom. The summed E-state index contributed by atoms with van der Waals surface area (Å²) in [5.74, 6) is 0.421. The molecule has 62 heavy (non-hydrogen) atoms. The molecule has 0 spiro atoms. The van der Waals surface area contributed by atoms with Crippen molar-refractivity contribution in [2.45, 2.75) is 78.6 Å². The predicted octanol–water partition coefficient (Wildman–Crippen LogP) is 14.8. The maximum Gasteiger partial charge on any atom is 0.147 e. The summed E-state index contributed by atoms with van der Waals surface area (Å²) < 4.78 is 40.3. The van der Waals surface area contributed by atoms with Crippen molar-refractivity contribution in [1.82, 2.24) is 9.55 Å². The molecule has 1 aliphatic heterocycles. The van der Waals surface area contributed by atoms with Crippen LogP contribution in [0, 0.1) is 30.4 Å². The number of rotatable bonds is 6. The maximum atomic E-state index is 15.7. The first-order chi connectivity index (χ1) is 28.9. The van der Waals surface area contributed by atoms with Gasteiger partial charge in [0.1, 0.15) is 17.5 Å². The van der Waals surface area contributed by atoms with Gasteiger partial charge in [0.15, 0.2) is 0 Å². The van der Waals surface area contributed by atoms with Gasteiger partial charge in [-0.3, -0.25) is 0 Å². The average molecular weight is 1000 g/mol. The van der Waals surface area contributed by atoms with Gasteiger partial charge in [-0.1, -0.05) is 122 Å². The van der Waals surface area contributed by atoms with E-state index < -0.39 is 11.6 Å². The molecule has 8 heteroatoms. The summed E-state index contributed by atoms with van der Waals surface area (Å²) >= 11 is 0. The number of aromatic nitrogens is 2. The second kappa shape index (κ2) is 15.8. The molecule has 0 N–H and O–H groups in total. The fourth-order valence-electron chi connectivity index (χ4n) is 8.03. The minimum atomic E-state index is -0.658. The van der Waals surface area contributed by atoms with Gasteiger partial charge in [-0.05, 0) is 86.3 Å². The smallest absolute Gasteiger partial charge is 0.147 e. The Balaban J connectivity index is 0.00000529. The molecule has 5 nitrogen and oxygen atoms in total. The van der Waals surface area contributed by atoms with E-state index in [1.165, 1.54) is 29.3 Å². The Morgan fingerprint density at radius 3 is 1.89 bits per heavy atom. The Morgan fingerprint density at radius 1 is 0.565 bits per heavy atom. The van der Waals surface area contributed by atoms with Crippen molar-refractivity contribution in [3.05, 3.63) is 175 Å². The molecule has 1 aliphatic rings. The molecular formula is C54H49F2N4OPt-3. The van der Waals surface area contributed by atoms with E-state index in [1.807, 2.05) is 59.5 Å². The number of halogens is 2. The zero-order chi connectivity index (χ0) is 43.0. The zero-order valence-corrected chi connectivity index (χ0v) is 38.7. The van der Waals surface area contributed by atoms with Crippen molar-refractivity contribution in [3.8, 4) is 28.4 Å². The molecule has 318 valence electrons. The van der Waals surface area contributed by atoms with Gasteiger partial charge in [0.25, 0.3) is 0 Å². The number of anilines is 4. The van der Waals surface area contributed by atoms with Crippen LogP contribution in [0.15, 0.2) is 128 Å². The summed E-state index contributed by atoms with van der Waals surface area (Å²) in [6.07, 6.45) is 1.79. The Bertz CT molecular complexity index is 2920. The minimum Gasteiger partial charge on any atom is -0.509 e. The zero-order valence-electron chi connectivity index (χ0n) is 36.5. The summed E-state index contributed by atoms with van der Waals surface area (Å²) in [6.45, 7) is 21.5. The van der Waals surface area contributed by atoms with E-state index in [-0.39, 0.29) is 43.0 Å². The van der Waals surface area contributed by atoms with E-state index in [9.17, 15) is 0 Å². The summed E-state index contributed by atoms with van der Waals surface area (Å²) in [4.78, 5) is 8.24. The quantitative estimate of drug-likeness (QED) is 0.155. The molecule has 8 aromatic rings. The number of hydrogen-bond acceptors (Lipinski definition) is 4. The van der Waals surface area contributed by atoms with Crippen LogP contribution >= 0.6 is 0 Å². The number of pyridine rings is 1. The summed E-state index contributed by atoms with van der Waals surface area (Å²) in [5, 5.41) is 2.11. The van der Waals surface area contributed by atoms with Crippen molar-refractivity contribution >= 4 is 44.6 Å². The third kappa shape index (κ3) is 7.92.